The zero-order valence-corrected chi connectivity index (χ0v) is 10.9. The average Bonchev–Trinajstić information content (AvgIpc) is 2.46. The van der Waals surface area contributed by atoms with E-state index in [4.69, 9.17) is 4.74 Å². The van der Waals surface area contributed by atoms with Gasteiger partial charge in [0.1, 0.15) is 0 Å². The van der Waals surface area contributed by atoms with Crippen LogP contribution in [0.3, 0.4) is 0 Å². The molecule has 0 spiro atoms. The number of hydrogen-bond donors (Lipinski definition) is 0. The number of nitrogens with zero attached hydrogens (tertiary/aromatic N) is 1. The molecule has 0 aromatic rings. The second-order valence-corrected chi connectivity index (χ2v) is 4.94. The van der Waals surface area contributed by atoms with Gasteiger partial charge >= 0.3 is 6.16 Å². The largest absolute Gasteiger partial charge is 0.510 e. The Bertz CT molecular complexity index is 354. The highest BCUT2D eigenvalue weighted by atomic mass is 16.7. The number of hydrogen-bond acceptors (Lipinski definition) is 4. The Balaban J connectivity index is 2.79. The van der Waals surface area contributed by atoms with E-state index in [1.807, 2.05) is 20.8 Å². The van der Waals surface area contributed by atoms with Crippen LogP contribution in [0.15, 0.2) is 11.6 Å². The Labute approximate surface area is 101 Å². The van der Waals surface area contributed by atoms with Gasteiger partial charge in [-0.15, -0.1) is 0 Å². The second-order valence-electron chi connectivity index (χ2n) is 4.94. The van der Waals surface area contributed by atoms with Crippen LogP contribution in [0, 0.1) is 5.41 Å². The van der Waals surface area contributed by atoms with Gasteiger partial charge in [-0.25, -0.2) is 4.79 Å². The average molecular weight is 241 g/mol. The molecule has 0 aliphatic carbocycles. The van der Waals surface area contributed by atoms with Crippen molar-refractivity contribution in [1.82, 2.24) is 4.90 Å². The van der Waals surface area contributed by atoms with Gasteiger partial charge in [0.05, 0.1) is 6.61 Å². The first-order chi connectivity index (χ1) is 7.77. The number of amides is 1. The summed E-state index contributed by atoms with van der Waals surface area (Å²) in [5, 5.41) is 0. The number of ether oxygens (including phenoxy) is 2. The molecule has 1 unspecified atom stereocenters. The molecule has 5 heteroatoms. The van der Waals surface area contributed by atoms with Gasteiger partial charge in [0.25, 0.3) is 5.91 Å². The Morgan fingerprint density at radius 1 is 1.47 bits per heavy atom. The van der Waals surface area contributed by atoms with Crippen LogP contribution in [0.4, 0.5) is 4.79 Å². The Kier molecular flexibility index (Phi) is 3.80. The van der Waals surface area contributed by atoms with Crippen LogP contribution in [0.2, 0.25) is 0 Å². The third kappa shape index (κ3) is 2.99. The highest BCUT2D eigenvalue weighted by molar-refractivity contribution is 5.97. The summed E-state index contributed by atoms with van der Waals surface area (Å²) < 4.78 is 9.71. The van der Waals surface area contributed by atoms with Gasteiger partial charge in [-0.1, -0.05) is 20.8 Å². The summed E-state index contributed by atoms with van der Waals surface area (Å²) >= 11 is 0. The molecule has 1 heterocycles. The van der Waals surface area contributed by atoms with E-state index in [1.165, 1.54) is 4.90 Å². The highest BCUT2D eigenvalue weighted by Gasteiger charge is 2.37. The van der Waals surface area contributed by atoms with E-state index in [0.29, 0.717) is 5.57 Å². The smallest absolute Gasteiger partial charge is 0.435 e. The molecular formula is C12H19NO4. The van der Waals surface area contributed by atoms with Gasteiger partial charge < -0.3 is 14.4 Å². The van der Waals surface area contributed by atoms with Crippen molar-refractivity contribution in [3.05, 3.63) is 11.6 Å². The molecule has 1 aliphatic rings. The fourth-order valence-electron chi connectivity index (χ4n) is 1.57. The quantitative estimate of drug-likeness (QED) is 0.693. The van der Waals surface area contributed by atoms with Crippen molar-refractivity contribution < 1.29 is 19.1 Å². The van der Waals surface area contributed by atoms with Crippen LogP contribution in [0.25, 0.3) is 0 Å². The summed E-state index contributed by atoms with van der Waals surface area (Å²) in [5.74, 6) is -0.119. The molecule has 0 bridgehead atoms. The predicted octanol–water partition coefficient (Wildman–Crippen LogP) is 1.93. The SMILES string of the molecule is CCOC(=O)OC1C=C(C(C)(C)C)C(=O)N1C. The molecule has 1 aliphatic heterocycles. The van der Waals surface area contributed by atoms with Gasteiger partial charge in [-0.3, -0.25) is 4.79 Å². The Hall–Kier alpha value is -1.52. The van der Waals surface area contributed by atoms with Crippen molar-refractivity contribution >= 4 is 12.1 Å². The lowest BCUT2D eigenvalue weighted by Gasteiger charge is -2.21. The lowest BCUT2D eigenvalue weighted by atomic mass is 9.86. The monoisotopic (exact) mass is 241 g/mol. The van der Waals surface area contributed by atoms with Gasteiger partial charge in [-0.05, 0) is 18.4 Å². The first-order valence-corrected chi connectivity index (χ1v) is 5.60. The fraction of sp³-hybridized carbons (Fsp3) is 0.667. The maximum Gasteiger partial charge on any atom is 0.510 e. The molecule has 0 aromatic heterocycles. The van der Waals surface area contributed by atoms with Crippen LogP contribution < -0.4 is 0 Å². The predicted molar refractivity (Wildman–Crippen MR) is 62.2 cm³/mol. The van der Waals surface area contributed by atoms with Crippen LogP contribution in [0.5, 0.6) is 0 Å². The van der Waals surface area contributed by atoms with Crippen molar-refractivity contribution in [3.8, 4) is 0 Å². The van der Waals surface area contributed by atoms with E-state index in [1.54, 1.807) is 20.0 Å². The minimum absolute atomic E-state index is 0.119. The Morgan fingerprint density at radius 2 is 2.06 bits per heavy atom. The topological polar surface area (TPSA) is 55.8 Å². The standard InChI is InChI=1S/C12H19NO4/c1-6-16-11(15)17-9-7-8(12(2,3)4)10(14)13(9)5/h7,9H,6H2,1-5H3. The zero-order chi connectivity index (χ0) is 13.2. The zero-order valence-electron chi connectivity index (χ0n) is 10.9. The summed E-state index contributed by atoms with van der Waals surface area (Å²) in [6.45, 7) is 7.77. The molecule has 96 valence electrons. The van der Waals surface area contributed by atoms with Crippen molar-refractivity contribution in [2.24, 2.45) is 5.41 Å². The van der Waals surface area contributed by atoms with Crippen LogP contribution in [0.1, 0.15) is 27.7 Å². The van der Waals surface area contributed by atoms with E-state index >= 15 is 0 Å². The van der Waals surface area contributed by atoms with E-state index in [9.17, 15) is 9.59 Å². The molecule has 0 radical (unpaired) electrons. The van der Waals surface area contributed by atoms with Crippen molar-refractivity contribution in [1.29, 1.82) is 0 Å². The van der Waals surface area contributed by atoms with Gasteiger partial charge in [0.15, 0.2) is 0 Å². The molecule has 0 N–H and O–H groups in total. The summed E-state index contributed by atoms with van der Waals surface area (Å²) in [4.78, 5) is 24.5. The summed E-state index contributed by atoms with van der Waals surface area (Å²) in [5.41, 5.74) is 0.382. The molecule has 5 nitrogen and oxygen atoms in total. The van der Waals surface area contributed by atoms with Crippen LogP contribution >= 0.6 is 0 Å². The fourth-order valence-corrected chi connectivity index (χ4v) is 1.57. The van der Waals surface area contributed by atoms with Gasteiger partial charge in [-0.2, -0.15) is 0 Å². The van der Waals surface area contributed by atoms with Crippen molar-refractivity contribution in [3.63, 3.8) is 0 Å². The molecule has 17 heavy (non-hydrogen) atoms. The first-order valence-electron chi connectivity index (χ1n) is 5.60. The lowest BCUT2D eigenvalue weighted by molar-refractivity contribution is -0.131. The summed E-state index contributed by atoms with van der Waals surface area (Å²) in [7, 11) is 1.60. The van der Waals surface area contributed by atoms with E-state index in [0.717, 1.165) is 0 Å². The first kappa shape index (κ1) is 13.5. The number of carbonyl (C=O) groups is 2. The summed E-state index contributed by atoms with van der Waals surface area (Å²) in [6.07, 6.45) is 0.235. The van der Waals surface area contributed by atoms with E-state index in [2.05, 4.69) is 4.74 Å². The minimum Gasteiger partial charge on any atom is -0.435 e. The maximum absolute atomic E-state index is 11.9. The van der Waals surface area contributed by atoms with E-state index < -0.39 is 12.4 Å². The van der Waals surface area contributed by atoms with Crippen molar-refractivity contribution in [2.45, 2.75) is 33.9 Å². The highest BCUT2D eigenvalue weighted by Crippen LogP contribution is 2.32. The number of rotatable bonds is 2. The van der Waals surface area contributed by atoms with Crippen LogP contribution in [-0.4, -0.2) is 36.8 Å². The minimum atomic E-state index is -0.761. The third-order valence-electron chi connectivity index (χ3n) is 2.53. The molecule has 0 saturated carbocycles. The number of likely N-dealkylation sites (N-methyl/N-ethyl adjacent to an activating group) is 1. The summed E-state index contributed by atoms with van der Waals surface area (Å²) in [6, 6.07) is 0. The third-order valence-corrected chi connectivity index (χ3v) is 2.53. The molecule has 0 saturated heterocycles. The Morgan fingerprint density at radius 3 is 2.47 bits per heavy atom. The molecule has 1 atom stereocenters. The second kappa shape index (κ2) is 4.77. The maximum atomic E-state index is 11.9. The molecule has 0 fully saturated rings. The van der Waals surface area contributed by atoms with E-state index in [-0.39, 0.29) is 17.9 Å². The van der Waals surface area contributed by atoms with Crippen LogP contribution in [-0.2, 0) is 14.3 Å². The molecule has 1 rings (SSSR count). The molecular weight excluding hydrogens is 222 g/mol. The van der Waals surface area contributed by atoms with Crippen molar-refractivity contribution in [2.75, 3.05) is 13.7 Å². The van der Waals surface area contributed by atoms with Gasteiger partial charge in [0, 0.05) is 12.6 Å². The molecule has 0 aromatic carbocycles. The molecule has 1 amide bonds. The lowest BCUT2D eigenvalue weighted by Crippen LogP contribution is -2.35. The number of carbonyl (C=O) groups excluding carboxylic acids is 2. The van der Waals surface area contributed by atoms with Gasteiger partial charge in [0.2, 0.25) is 6.23 Å². The normalized spacial score (nSPS) is 20.3.